The van der Waals surface area contributed by atoms with Gasteiger partial charge in [-0.3, -0.25) is 14.4 Å². The minimum atomic E-state index is -2.38. The summed E-state index contributed by atoms with van der Waals surface area (Å²) >= 11 is 0. The Morgan fingerprint density at radius 1 is 1.36 bits per heavy atom. The van der Waals surface area contributed by atoms with E-state index in [2.05, 4.69) is 10.6 Å². The van der Waals surface area contributed by atoms with Gasteiger partial charge >= 0.3 is 0 Å². The van der Waals surface area contributed by atoms with E-state index in [0.29, 0.717) is 11.3 Å². The van der Waals surface area contributed by atoms with Crippen LogP contribution in [0.4, 0.5) is 0 Å². The fourth-order valence-electron chi connectivity index (χ4n) is 2.33. The SMILES string of the molecule is CCNC(=O)C(C(N)=O)C1(O)NC(c2ccccc2)=CC1=O. The second kappa shape index (κ2) is 5.98. The molecule has 0 spiro atoms. The highest BCUT2D eigenvalue weighted by molar-refractivity contribution is 6.14. The first-order valence-electron chi connectivity index (χ1n) is 6.79. The van der Waals surface area contributed by atoms with Gasteiger partial charge in [0, 0.05) is 18.3 Å². The Morgan fingerprint density at radius 3 is 2.55 bits per heavy atom. The molecule has 1 aliphatic rings. The number of nitrogens with two attached hydrogens (primary N) is 1. The van der Waals surface area contributed by atoms with E-state index in [0.717, 1.165) is 6.08 Å². The van der Waals surface area contributed by atoms with Crippen LogP contribution in [-0.4, -0.2) is 35.0 Å². The van der Waals surface area contributed by atoms with Gasteiger partial charge in [0.15, 0.2) is 5.92 Å². The highest BCUT2D eigenvalue weighted by Crippen LogP contribution is 2.28. The molecule has 2 unspecified atom stereocenters. The first kappa shape index (κ1) is 15.7. The minimum Gasteiger partial charge on any atom is -0.369 e. The average Bonchev–Trinajstić information content (AvgIpc) is 2.76. The lowest BCUT2D eigenvalue weighted by atomic mass is 9.91. The maximum atomic E-state index is 12.2. The van der Waals surface area contributed by atoms with Gasteiger partial charge in [-0.25, -0.2) is 0 Å². The van der Waals surface area contributed by atoms with Crippen LogP contribution in [0.15, 0.2) is 36.4 Å². The van der Waals surface area contributed by atoms with Crippen LogP contribution in [-0.2, 0) is 14.4 Å². The van der Waals surface area contributed by atoms with E-state index < -0.39 is 29.2 Å². The number of carbonyl (C=O) groups is 3. The average molecular weight is 303 g/mol. The molecule has 22 heavy (non-hydrogen) atoms. The van der Waals surface area contributed by atoms with Crippen molar-refractivity contribution < 1.29 is 19.5 Å². The van der Waals surface area contributed by atoms with Gasteiger partial charge in [0.25, 0.3) is 0 Å². The number of hydrogen-bond donors (Lipinski definition) is 4. The molecule has 2 amide bonds. The van der Waals surface area contributed by atoms with Gasteiger partial charge in [-0.05, 0) is 12.5 Å². The zero-order valence-electron chi connectivity index (χ0n) is 12.0. The largest absolute Gasteiger partial charge is 0.369 e. The topological polar surface area (TPSA) is 122 Å². The number of benzene rings is 1. The Labute approximate surface area is 127 Å². The third-order valence-electron chi connectivity index (χ3n) is 3.38. The highest BCUT2D eigenvalue weighted by atomic mass is 16.3. The number of amides is 2. The van der Waals surface area contributed by atoms with E-state index in [1.807, 2.05) is 0 Å². The molecule has 0 fully saturated rings. The summed E-state index contributed by atoms with van der Waals surface area (Å²) in [6.45, 7) is 1.89. The summed E-state index contributed by atoms with van der Waals surface area (Å²) in [7, 11) is 0. The highest BCUT2D eigenvalue weighted by Gasteiger charge is 2.53. The van der Waals surface area contributed by atoms with Gasteiger partial charge in [-0.1, -0.05) is 30.3 Å². The quantitative estimate of drug-likeness (QED) is 0.527. The van der Waals surface area contributed by atoms with Crippen LogP contribution in [0.25, 0.3) is 5.70 Å². The number of primary amides is 1. The van der Waals surface area contributed by atoms with Gasteiger partial charge in [0.1, 0.15) is 0 Å². The van der Waals surface area contributed by atoms with Crippen molar-refractivity contribution in [2.24, 2.45) is 11.7 Å². The summed E-state index contributed by atoms with van der Waals surface area (Å²) in [4.78, 5) is 35.7. The van der Waals surface area contributed by atoms with Gasteiger partial charge in [0.2, 0.25) is 23.3 Å². The summed E-state index contributed by atoms with van der Waals surface area (Å²) < 4.78 is 0. The normalized spacial score (nSPS) is 21.7. The maximum Gasteiger partial charge on any atom is 0.238 e. The van der Waals surface area contributed by atoms with Crippen molar-refractivity contribution in [1.82, 2.24) is 10.6 Å². The second-order valence-electron chi connectivity index (χ2n) is 4.91. The molecular formula is C15H17N3O4. The predicted octanol–water partition coefficient (Wildman–Crippen LogP) is -0.874. The van der Waals surface area contributed by atoms with Crippen LogP contribution in [0.1, 0.15) is 12.5 Å². The molecule has 2 atom stereocenters. The maximum absolute atomic E-state index is 12.2. The molecule has 0 aliphatic carbocycles. The number of aliphatic hydroxyl groups is 1. The van der Waals surface area contributed by atoms with Gasteiger partial charge in [-0.2, -0.15) is 0 Å². The van der Waals surface area contributed by atoms with Crippen molar-refractivity contribution in [1.29, 1.82) is 0 Å². The van der Waals surface area contributed by atoms with Crippen molar-refractivity contribution in [2.45, 2.75) is 12.6 Å². The number of hydrogen-bond acceptors (Lipinski definition) is 5. The zero-order valence-corrected chi connectivity index (χ0v) is 12.0. The molecule has 5 N–H and O–H groups in total. The minimum absolute atomic E-state index is 0.242. The Hall–Kier alpha value is -2.67. The van der Waals surface area contributed by atoms with Gasteiger partial charge < -0.3 is 21.5 Å². The molecule has 0 aromatic heterocycles. The van der Waals surface area contributed by atoms with Crippen LogP contribution < -0.4 is 16.4 Å². The monoisotopic (exact) mass is 303 g/mol. The number of nitrogens with one attached hydrogen (secondary N) is 2. The number of ketones is 1. The van der Waals surface area contributed by atoms with E-state index in [9.17, 15) is 19.5 Å². The van der Waals surface area contributed by atoms with Crippen LogP contribution in [0, 0.1) is 5.92 Å². The van der Waals surface area contributed by atoms with Gasteiger partial charge in [-0.15, -0.1) is 0 Å². The van der Waals surface area contributed by atoms with Crippen molar-refractivity contribution in [2.75, 3.05) is 6.54 Å². The van der Waals surface area contributed by atoms with Crippen LogP contribution in [0.5, 0.6) is 0 Å². The van der Waals surface area contributed by atoms with Gasteiger partial charge in [0.05, 0.1) is 0 Å². The van der Waals surface area contributed by atoms with Crippen LogP contribution in [0.2, 0.25) is 0 Å². The third kappa shape index (κ3) is 2.71. The van der Waals surface area contributed by atoms with Crippen molar-refractivity contribution in [3.63, 3.8) is 0 Å². The van der Waals surface area contributed by atoms with E-state index in [-0.39, 0.29) is 6.54 Å². The molecule has 116 valence electrons. The summed E-state index contributed by atoms with van der Waals surface area (Å²) in [5.74, 6) is -4.41. The first-order chi connectivity index (χ1) is 10.4. The van der Waals surface area contributed by atoms with E-state index in [4.69, 9.17) is 5.73 Å². The molecule has 0 saturated heterocycles. The molecule has 1 aromatic rings. The third-order valence-corrected chi connectivity index (χ3v) is 3.38. The second-order valence-corrected chi connectivity index (χ2v) is 4.91. The Bertz CT molecular complexity index is 641. The molecule has 1 aromatic carbocycles. The van der Waals surface area contributed by atoms with Crippen LogP contribution >= 0.6 is 0 Å². The molecule has 2 rings (SSSR count). The molecule has 1 aliphatic heterocycles. The van der Waals surface area contributed by atoms with Crippen molar-refractivity contribution in [3.8, 4) is 0 Å². The van der Waals surface area contributed by atoms with Crippen molar-refractivity contribution in [3.05, 3.63) is 42.0 Å². The van der Waals surface area contributed by atoms with Crippen molar-refractivity contribution >= 4 is 23.3 Å². The zero-order chi connectivity index (χ0) is 16.3. The predicted molar refractivity (Wildman–Crippen MR) is 78.9 cm³/mol. The molecule has 7 nitrogen and oxygen atoms in total. The lowest BCUT2D eigenvalue weighted by Crippen LogP contribution is -2.61. The van der Waals surface area contributed by atoms with E-state index >= 15 is 0 Å². The fourth-order valence-corrected chi connectivity index (χ4v) is 2.33. The Kier molecular flexibility index (Phi) is 4.27. The Morgan fingerprint density at radius 2 is 2.00 bits per heavy atom. The summed E-state index contributed by atoms with van der Waals surface area (Å²) in [6.07, 6.45) is 1.16. The van der Waals surface area contributed by atoms with E-state index in [1.165, 1.54) is 0 Å². The number of carbonyl (C=O) groups excluding carboxylic acids is 3. The molecule has 7 heteroatoms. The summed E-state index contributed by atoms with van der Waals surface area (Å²) in [5, 5.41) is 15.5. The molecule has 0 radical (unpaired) electrons. The lowest BCUT2D eigenvalue weighted by molar-refractivity contribution is -0.155. The lowest BCUT2D eigenvalue weighted by Gasteiger charge is -2.29. The molecule has 1 heterocycles. The molecular weight excluding hydrogens is 286 g/mol. The standard InChI is InChI=1S/C15H17N3O4/c1-2-17-14(21)12(13(16)20)15(22)11(19)8-10(18-15)9-6-4-3-5-7-9/h3-8,12,18,22H,2H2,1H3,(H2,16,20)(H,17,21). The van der Waals surface area contributed by atoms with Crippen LogP contribution in [0.3, 0.4) is 0 Å². The number of rotatable bonds is 5. The smallest absolute Gasteiger partial charge is 0.238 e. The van der Waals surface area contributed by atoms with E-state index in [1.54, 1.807) is 37.3 Å². The molecule has 0 saturated carbocycles. The fraction of sp³-hybridized carbons (Fsp3) is 0.267. The summed E-state index contributed by atoms with van der Waals surface area (Å²) in [5.41, 5.74) is 3.79. The first-order valence-corrected chi connectivity index (χ1v) is 6.79. The summed E-state index contributed by atoms with van der Waals surface area (Å²) in [6, 6.07) is 8.77. The molecule has 0 bridgehead atoms. The Balaban J connectivity index is 2.33.